The van der Waals surface area contributed by atoms with Gasteiger partial charge in [0.1, 0.15) is 0 Å². The van der Waals surface area contributed by atoms with Gasteiger partial charge in [-0.25, -0.2) is 0 Å². The molecular formula is C16H28Ti. The molecule has 0 aromatic heterocycles. The van der Waals surface area contributed by atoms with Crippen LogP contribution < -0.4 is 0 Å². The van der Waals surface area contributed by atoms with E-state index < -0.39 is 0 Å². The molecule has 0 heterocycles. The van der Waals surface area contributed by atoms with E-state index in [2.05, 4.69) is 20.8 Å². The van der Waals surface area contributed by atoms with Crippen LogP contribution in [0.4, 0.5) is 0 Å². The number of fused-ring (bicyclic) bond motifs is 1. The average Bonchev–Trinajstić information content (AvgIpc) is 2.41. The fraction of sp³-hybridized carbons (Fsp3) is 0.500. The fourth-order valence-corrected chi connectivity index (χ4v) is 2.91. The molecule has 0 N–H and O–H groups in total. The Bertz CT molecular complexity index is 291. The zero-order valence-corrected chi connectivity index (χ0v) is 14.1. The summed E-state index contributed by atoms with van der Waals surface area (Å²) in [6.07, 6.45) is 6.69. The molecule has 0 radical (unpaired) electrons. The van der Waals surface area contributed by atoms with Gasteiger partial charge in [-0.15, -0.1) is 0 Å². The van der Waals surface area contributed by atoms with Crippen LogP contribution in [-0.2, 0) is 41.0 Å². The molecule has 0 fully saturated rings. The quantitative estimate of drug-likeness (QED) is 0.506. The van der Waals surface area contributed by atoms with Gasteiger partial charge in [-0.3, -0.25) is 0 Å². The third kappa shape index (κ3) is 3.76. The maximum Gasteiger partial charge on any atom is 4.00 e. The molecule has 1 aliphatic carbocycles. The summed E-state index contributed by atoms with van der Waals surface area (Å²) in [5.74, 6) is 0. The summed E-state index contributed by atoms with van der Waals surface area (Å²) >= 11 is 0. The van der Waals surface area contributed by atoms with Crippen molar-refractivity contribution in [3.63, 3.8) is 0 Å². The molecule has 0 nitrogen and oxygen atoms in total. The standard InChI is InChI=1S/C13H19.3CH3.Ti/c1-4-11-9(2)12-7-5-6-8-13(12)10(11)3;;;;/h4-8H2,1-3H3;3*1H3;/q4*-1;+4. The minimum Gasteiger partial charge on any atom is -0.358 e. The molecule has 2 rings (SSSR count). The Hall–Kier alpha value is 0.0643. The maximum absolute atomic E-state index is 2.32. The minimum absolute atomic E-state index is 0. The number of hydrogen-bond acceptors (Lipinski definition) is 0. The summed E-state index contributed by atoms with van der Waals surface area (Å²) < 4.78 is 0. The van der Waals surface area contributed by atoms with Gasteiger partial charge in [-0.05, 0) is 0 Å². The molecule has 0 saturated heterocycles. The summed E-state index contributed by atoms with van der Waals surface area (Å²) in [5, 5.41) is 0. The van der Waals surface area contributed by atoms with Gasteiger partial charge >= 0.3 is 21.7 Å². The molecule has 0 aliphatic heterocycles. The van der Waals surface area contributed by atoms with Gasteiger partial charge in [-0.1, -0.05) is 52.9 Å². The van der Waals surface area contributed by atoms with E-state index in [0.29, 0.717) is 0 Å². The van der Waals surface area contributed by atoms with Crippen LogP contribution in [-0.4, -0.2) is 0 Å². The van der Waals surface area contributed by atoms with Crippen LogP contribution in [0.5, 0.6) is 0 Å². The predicted molar refractivity (Wildman–Crippen MR) is 76.8 cm³/mol. The summed E-state index contributed by atoms with van der Waals surface area (Å²) in [6.45, 7) is 6.91. The van der Waals surface area contributed by atoms with Gasteiger partial charge in [0.25, 0.3) is 0 Å². The molecule has 0 atom stereocenters. The topological polar surface area (TPSA) is 0 Å². The predicted octanol–water partition coefficient (Wildman–Crippen LogP) is 4.81. The van der Waals surface area contributed by atoms with Crippen molar-refractivity contribution in [3.05, 3.63) is 50.1 Å². The zero-order valence-electron chi connectivity index (χ0n) is 12.5. The van der Waals surface area contributed by atoms with Gasteiger partial charge in [0.15, 0.2) is 0 Å². The molecule has 17 heavy (non-hydrogen) atoms. The molecular weight excluding hydrogens is 240 g/mol. The molecule has 0 spiro atoms. The largest absolute Gasteiger partial charge is 4.00 e. The van der Waals surface area contributed by atoms with E-state index in [4.69, 9.17) is 0 Å². The second kappa shape index (κ2) is 9.06. The third-order valence-corrected chi connectivity index (χ3v) is 3.63. The van der Waals surface area contributed by atoms with E-state index in [0.717, 1.165) is 0 Å². The first-order chi connectivity index (χ1) is 6.25. The van der Waals surface area contributed by atoms with Gasteiger partial charge in [0.2, 0.25) is 0 Å². The van der Waals surface area contributed by atoms with E-state index in [1.165, 1.54) is 32.1 Å². The van der Waals surface area contributed by atoms with E-state index in [-0.39, 0.29) is 44.0 Å². The molecule has 1 aromatic rings. The molecule has 1 heteroatoms. The minimum atomic E-state index is 0. The molecule has 1 aromatic carbocycles. The first-order valence-electron chi connectivity index (χ1n) is 5.52. The Labute approximate surface area is 124 Å². The van der Waals surface area contributed by atoms with Gasteiger partial charge < -0.3 is 22.3 Å². The Morgan fingerprint density at radius 2 is 1.59 bits per heavy atom. The molecule has 1 aliphatic rings. The zero-order chi connectivity index (χ0) is 9.42. The van der Waals surface area contributed by atoms with Crippen molar-refractivity contribution >= 4 is 0 Å². The normalized spacial score (nSPS) is 12.2. The van der Waals surface area contributed by atoms with Crippen molar-refractivity contribution in [1.82, 2.24) is 0 Å². The third-order valence-electron chi connectivity index (χ3n) is 3.63. The number of rotatable bonds is 1. The second-order valence-electron chi connectivity index (χ2n) is 4.25. The van der Waals surface area contributed by atoms with Crippen molar-refractivity contribution in [1.29, 1.82) is 0 Å². The second-order valence-corrected chi connectivity index (χ2v) is 4.25. The van der Waals surface area contributed by atoms with E-state index in [1.54, 1.807) is 27.8 Å². The monoisotopic (exact) mass is 268 g/mol. The Balaban J connectivity index is -0.000000490. The SMILES string of the molecule is CCc1c(C)c2c([c-]1C)CCCC2.[CH3-].[CH3-].[CH3-].[Ti+4]. The van der Waals surface area contributed by atoms with E-state index in [9.17, 15) is 0 Å². The van der Waals surface area contributed by atoms with Crippen molar-refractivity contribution in [2.75, 3.05) is 0 Å². The van der Waals surface area contributed by atoms with Crippen molar-refractivity contribution in [3.8, 4) is 0 Å². The van der Waals surface area contributed by atoms with Crippen LogP contribution >= 0.6 is 0 Å². The van der Waals surface area contributed by atoms with E-state index >= 15 is 0 Å². The first kappa shape index (κ1) is 22.3. The van der Waals surface area contributed by atoms with E-state index in [1.807, 2.05) is 0 Å². The van der Waals surface area contributed by atoms with Crippen molar-refractivity contribution < 1.29 is 21.7 Å². The van der Waals surface area contributed by atoms with Gasteiger partial charge in [-0.2, -0.15) is 27.8 Å². The molecule has 0 bridgehead atoms. The summed E-state index contributed by atoms with van der Waals surface area (Å²) in [7, 11) is 0. The van der Waals surface area contributed by atoms with Gasteiger partial charge in [0.05, 0.1) is 0 Å². The summed E-state index contributed by atoms with van der Waals surface area (Å²) in [4.78, 5) is 0. The maximum atomic E-state index is 2.32. The van der Waals surface area contributed by atoms with Crippen molar-refractivity contribution in [2.24, 2.45) is 0 Å². The Morgan fingerprint density at radius 3 is 2.06 bits per heavy atom. The summed E-state index contributed by atoms with van der Waals surface area (Å²) in [5.41, 5.74) is 8.23. The molecule has 0 unspecified atom stereocenters. The van der Waals surface area contributed by atoms with Crippen LogP contribution in [0.2, 0.25) is 0 Å². The van der Waals surface area contributed by atoms with Crippen LogP contribution in [0.25, 0.3) is 0 Å². The first-order valence-corrected chi connectivity index (χ1v) is 5.52. The molecule has 96 valence electrons. The smallest absolute Gasteiger partial charge is 0.358 e. The molecule has 0 saturated carbocycles. The van der Waals surface area contributed by atoms with Crippen LogP contribution in [0, 0.1) is 36.1 Å². The van der Waals surface area contributed by atoms with Crippen LogP contribution in [0.1, 0.15) is 47.6 Å². The van der Waals surface area contributed by atoms with Gasteiger partial charge in [0, 0.05) is 0 Å². The number of hydrogen-bond donors (Lipinski definition) is 0. The fourth-order valence-electron chi connectivity index (χ4n) is 2.91. The summed E-state index contributed by atoms with van der Waals surface area (Å²) in [6, 6.07) is 0. The Morgan fingerprint density at radius 1 is 1.06 bits per heavy atom. The Kier molecular flexibility index (Phi) is 11.9. The van der Waals surface area contributed by atoms with Crippen molar-refractivity contribution in [2.45, 2.75) is 52.9 Å². The molecule has 0 amide bonds. The van der Waals surface area contributed by atoms with Crippen LogP contribution in [0.3, 0.4) is 0 Å². The van der Waals surface area contributed by atoms with Crippen LogP contribution in [0.15, 0.2) is 0 Å². The average molecular weight is 268 g/mol.